The van der Waals surface area contributed by atoms with Gasteiger partial charge in [-0.1, -0.05) is 24.6 Å². The van der Waals surface area contributed by atoms with Crippen molar-refractivity contribution in [2.24, 2.45) is 0 Å². The minimum Gasteiger partial charge on any atom is -0.496 e. The van der Waals surface area contributed by atoms with Crippen molar-refractivity contribution >= 4 is 52.1 Å². The monoisotopic (exact) mass is 566 g/mol. The average Bonchev–Trinajstić information content (AvgIpc) is 2.96. The zero-order valence-electron chi connectivity index (χ0n) is 21.9. The first-order valence-electron chi connectivity index (χ1n) is 12.7. The largest absolute Gasteiger partial charge is 0.496 e. The lowest BCUT2D eigenvalue weighted by atomic mass is 10.1. The molecular weight excluding hydrogens is 536 g/mol. The molecule has 4 rings (SSSR count). The Kier molecular flexibility index (Phi) is 9.62. The molecule has 2 amide bonds. The molecule has 1 aliphatic heterocycles. The number of halogens is 1. The molecule has 204 valence electrons. The van der Waals surface area contributed by atoms with Gasteiger partial charge in [-0.3, -0.25) is 14.9 Å². The normalized spacial score (nSPS) is 13.0. The Balaban J connectivity index is 1.28. The Morgan fingerprint density at radius 1 is 1.00 bits per heavy atom. The van der Waals surface area contributed by atoms with E-state index in [1.165, 1.54) is 0 Å². The smallest absolute Gasteiger partial charge is 0.257 e. The van der Waals surface area contributed by atoms with E-state index in [0.29, 0.717) is 60.4 Å². The van der Waals surface area contributed by atoms with E-state index in [1.807, 2.05) is 42.2 Å². The number of methoxy groups -OCH3 is 1. The molecule has 1 fully saturated rings. The number of amides is 2. The molecule has 0 aliphatic carbocycles. The maximum Gasteiger partial charge on any atom is 0.257 e. The van der Waals surface area contributed by atoms with Crippen LogP contribution in [0.1, 0.15) is 34.1 Å². The third-order valence-corrected chi connectivity index (χ3v) is 6.68. The first-order valence-corrected chi connectivity index (χ1v) is 13.5. The number of piperazine rings is 1. The number of carbonyl (C=O) groups excluding carboxylic acids is 2. The van der Waals surface area contributed by atoms with Crippen LogP contribution < -0.4 is 25.0 Å². The zero-order chi connectivity index (χ0) is 27.8. The van der Waals surface area contributed by atoms with Crippen LogP contribution in [0.25, 0.3) is 0 Å². The van der Waals surface area contributed by atoms with E-state index in [9.17, 15) is 9.59 Å². The Labute approximate surface area is 238 Å². The Hall–Kier alpha value is -3.82. The minimum atomic E-state index is -0.311. The van der Waals surface area contributed by atoms with Gasteiger partial charge in [-0.15, -0.1) is 0 Å². The van der Waals surface area contributed by atoms with E-state index in [1.54, 1.807) is 43.5 Å². The third kappa shape index (κ3) is 7.40. The summed E-state index contributed by atoms with van der Waals surface area (Å²) in [4.78, 5) is 29.7. The van der Waals surface area contributed by atoms with E-state index in [2.05, 4.69) is 15.5 Å². The molecule has 1 aliphatic rings. The van der Waals surface area contributed by atoms with E-state index < -0.39 is 0 Å². The fourth-order valence-corrected chi connectivity index (χ4v) is 4.61. The number of benzene rings is 3. The van der Waals surface area contributed by atoms with Gasteiger partial charge >= 0.3 is 0 Å². The second-order valence-electron chi connectivity index (χ2n) is 8.96. The molecule has 0 atom stereocenters. The van der Waals surface area contributed by atoms with Crippen LogP contribution in [0.15, 0.2) is 66.7 Å². The molecule has 3 aromatic carbocycles. The second kappa shape index (κ2) is 13.3. The van der Waals surface area contributed by atoms with Gasteiger partial charge in [0.1, 0.15) is 11.5 Å². The van der Waals surface area contributed by atoms with Crippen molar-refractivity contribution in [2.45, 2.75) is 13.3 Å². The molecule has 0 radical (unpaired) electrons. The summed E-state index contributed by atoms with van der Waals surface area (Å²) in [5, 5.41) is 6.46. The first kappa shape index (κ1) is 28.2. The molecule has 2 N–H and O–H groups in total. The number of ether oxygens (including phenoxy) is 2. The summed E-state index contributed by atoms with van der Waals surface area (Å²) >= 11 is 11.4. The van der Waals surface area contributed by atoms with E-state index in [-0.39, 0.29) is 16.9 Å². The number of carbonyl (C=O) groups is 2. The summed E-state index contributed by atoms with van der Waals surface area (Å²) in [6.07, 6.45) is 0.888. The average molecular weight is 567 g/mol. The number of nitrogens with zero attached hydrogens (tertiary/aromatic N) is 2. The highest BCUT2D eigenvalue weighted by Gasteiger charge is 2.24. The van der Waals surface area contributed by atoms with Gasteiger partial charge in [0.15, 0.2) is 5.11 Å². The van der Waals surface area contributed by atoms with E-state index >= 15 is 0 Å². The molecule has 1 saturated heterocycles. The van der Waals surface area contributed by atoms with Crippen LogP contribution in [0.2, 0.25) is 5.02 Å². The molecule has 0 saturated carbocycles. The van der Waals surface area contributed by atoms with Gasteiger partial charge < -0.3 is 24.6 Å². The van der Waals surface area contributed by atoms with Crippen LogP contribution in [0, 0.1) is 0 Å². The van der Waals surface area contributed by atoms with Crippen LogP contribution >= 0.6 is 23.8 Å². The van der Waals surface area contributed by atoms with Crippen LogP contribution in [0.3, 0.4) is 0 Å². The Morgan fingerprint density at radius 3 is 2.44 bits per heavy atom. The molecule has 1 heterocycles. The highest BCUT2D eigenvalue weighted by Crippen LogP contribution is 2.26. The highest BCUT2D eigenvalue weighted by molar-refractivity contribution is 7.80. The van der Waals surface area contributed by atoms with Gasteiger partial charge in [-0.25, -0.2) is 0 Å². The van der Waals surface area contributed by atoms with Crippen LogP contribution in [-0.2, 0) is 0 Å². The van der Waals surface area contributed by atoms with Crippen molar-refractivity contribution < 1.29 is 19.1 Å². The van der Waals surface area contributed by atoms with Crippen LogP contribution in [0.4, 0.5) is 11.4 Å². The van der Waals surface area contributed by atoms with Crippen molar-refractivity contribution in [2.75, 3.05) is 50.1 Å². The van der Waals surface area contributed by atoms with Crippen molar-refractivity contribution in [3.05, 3.63) is 82.9 Å². The second-order valence-corrected chi connectivity index (χ2v) is 9.80. The summed E-state index contributed by atoms with van der Waals surface area (Å²) in [5.74, 6) is 0.755. The van der Waals surface area contributed by atoms with Crippen molar-refractivity contribution in [1.29, 1.82) is 0 Å². The maximum atomic E-state index is 13.1. The van der Waals surface area contributed by atoms with Gasteiger partial charge in [0, 0.05) is 48.1 Å². The molecule has 0 aromatic heterocycles. The van der Waals surface area contributed by atoms with Crippen LogP contribution in [0.5, 0.6) is 11.5 Å². The molecule has 39 heavy (non-hydrogen) atoms. The van der Waals surface area contributed by atoms with Crippen molar-refractivity contribution in [3.63, 3.8) is 0 Å². The number of hydrogen-bond donors (Lipinski definition) is 2. The predicted molar refractivity (Wildman–Crippen MR) is 158 cm³/mol. The summed E-state index contributed by atoms with van der Waals surface area (Å²) in [5.41, 5.74) is 2.72. The molecule has 8 nitrogen and oxygen atoms in total. The maximum absolute atomic E-state index is 13.1. The van der Waals surface area contributed by atoms with Crippen molar-refractivity contribution in [3.8, 4) is 11.5 Å². The molecule has 0 unspecified atom stereocenters. The lowest BCUT2D eigenvalue weighted by Gasteiger charge is -2.36. The van der Waals surface area contributed by atoms with Crippen molar-refractivity contribution in [1.82, 2.24) is 10.2 Å². The zero-order valence-corrected chi connectivity index (χ0v) is 23.5. The van der Waals surface area contributed by atoms with E-state index in [0.717, 1.165) is 17.8 Å². The van der Waals surface area contributed by atoms with Crippen LogP contribution in [-0.4, -0.2) is 61.7 Å². The van der Waals surface area contributed by atoms with Gasteiger partial charge in [-0.05, 0) is 79.3 Å². The summed E-state index contributed by atoms with van der Waals surface area (Å²) in [6, 6.07) is 19.8. The summed E-state index contributed by atoms with van der Waals surface area (Å²) in [6.45, 7) is 5.16. The van der Waals surface area contributed by atoms with Gasteiger partial charge in [0.25, 0.3) is 11.8 Å². The standard InChI is InChI=1S/C29H31ClN4O4S/c1-3-17-38-24-6-4-5-20(18-24)27(35)32-29(39)31-22-8-10-23(11-9-22)33-13-15-34(16-14-33)28(36)25-19-21(30)7-12-26(25)37-2/h4-12,18-19H,3,13-17H2,1-2H3,(H2,31,32,35,39). The summed E-state index contributed by atoms with van der Waals surface area (Å²) in [7, 11) is 1.54. The number of hydrogen-bond acceptors (Lipinski definition) is 6. The van der Waals surface area contributed by atoms with Gasteiger partial charge in [-0.2, -0.15) is 0 Å². The van der Waals surface area contributed by atoms with E-state index in [4.69, 9.17) is 33.3 Å². The third-order valence-electron chi connectivity index (χ3n) is 6.25. The molecule has 0 bridgehead atoms. The lowest BCUT2D eigenvalue weighted by molar-refractivity contribution is 0.0743. The lowest BCUT2D eigenvalue weighted by Crippen LogP contribution is -2.48. The first-order chi connectivity index (χ1) is 18.9. The number of nitrogens with one attached hydrogen (secondary N) is 2. The molecule has 0 spiro atoms. The topological polar surface area (TPSA) is 83.1 Å². The Bertz CT molecular complexity index is 1330. The number of thiocarbonyl (C=S) groups is 1. The molecular formula is C29H31ClN4O4S. The van der Waals surface area contributed by atoms with Gasteiger partial charge in [0.2, 0.25) is 0 Å². The summed E-state index contributed by atoms with van der Waals surface area (Å²) < 4.78 is 10.9. The highest BCUT2D eigenvalue weighted by atomic mass is 35.5. The minimum absolute atomic E-state index is 0.0932. The quantitative estimate of drug-likeness (QED) is 0.361. The fraction of sp³-hybridized carbons (Fsp3) is 0.276. The SMILES string of the molecule is CCCOc1cccc(C(=O)NC(=S)Nc2ccc(N3CCN(C(=O)c4cc(Cl)ccc4OC)CC3)cc2)c1. The predicted octanol–water partition coefficient (Wildman–Crippen LogP) is 5.23. The fourth-order valence-electron chi connectivity index (χ4n) is 4.23. The molecule has 10 heteroatoms. The number of rotatable bonds is 8. The Morgan fingerprint density at radius 2 is 1.74 bits per heavy atom. The number of anilines is 2. The molecule has 3 aromatic rings. The van der Waals surface area contributed by atoms with Gasteiger partial charge in [0.05, 0.1) is 19.3 Å².